The van der Waals surface area contributed by atoms with Crippen molar-refractivity contribution in [2.45, 2.75) is 0 Å². The zero-order chi connectivity index (χ0) is 17.8. The van der Waals surface area contributed by atoms with Crippen LogP contribution in [-0.4, -0.2) is 14.5 Å². The first-order valence-corrected chi connectivity index (χ1v) is 7.96. The van der Waals surface area contributed by atoms with Crippen molar-refractivity contribution in [3.05, 3.63) is 77.4 Å². The Hall–Kier alpha value is -4.09. The molecule has 2 heterocycles. The molecule has 0 fully saturated rings. The van der Waals surface area contributed by atoms with Gasteiger partial charge in [-0.05, 0) is 47.2 Å². The van der Waals surface area contributed by atoms with Gasteiger partial charge >= 0.3 is 0 Å². The van der Waals surface area contributed by atoms with Crippen LogP contribution in [0.3, 0.4) is 0 Å². The molecule has 5 rings (SSSR count). The number of aromatic hydroxyl groups is 1. The van der Waals surface area contributed by atoms with Crippen LogP contribution in [0.15, 0.2) is 54.6 Å². The van der Waals surface area contributed by atoms with Crippen LogP contribution in [0, 0.1) is 13.1 Å². The minimum atomic E-state index is 0.161. The highest BCUT2D eigenvalue weighted by Gasteiger charge is 2.16. The predicted molar refractivity (Wildman–Crippen MR) is 102 cm³/mol. The van der Waals surface area contributed by atoms with Crippen LogP contribution in [0.2, 0.25) is 0 Å². The summed E-state index contributed by atoms with van der Waals surface area (Å²) < 4.78 is 1.99. The van der Waals surface area contributed by atoms with E-state index < -0.39 is 0 Å². The molecule has 5 nitrogen and oxygen atoms in total. The number of rotatable bonds is 0. The van der Waals surface area contributed by atoms with Crippen LogP contribution >= 0.6 is 0 Å². The van der Waals surface area contributed by atoms with Crippen LogP contribution in [0.4, 0.5) is 11.4 Å². The Labute approximate surface area is 148 Å². The molecule has 0 aliphatic heterocycles. The van der Waals surface area contributed by atoms with Crippen molar-refractivity contribution in [3.63, 3.8) is 0 Å². The molecule has 0 aliphatic carbocycles. The highest BCUT2D eigenvalue weighted by Crippen LogP contribution is 2.39. The van der Waals surface area contributed by atoms with Gasteiger partial charge in [0.15, 0.2) is 11.4 Å². The number of benzene rings is 3. The van der Waals surface area contributed by atoms with Gasteiger partial charge in [-0.2, -0.15) is 0 Å². The van der Waals surface area contributed by atoms with Gasteiger partial charge in [0.25, 0.3) is 0 Å². The number of phenols is 1. The van der Waals surface area contributed by atoms with E-state index in [-0.39, 0.29) is 5.75 Å². The van der Waals surface area contributed by atoms with Gasteiger partial charge in [-0.25, -0.2) is 4.98 Å². The lowest BCUT2D eigenvalue weighted by atomic mass is 10.0. The van der Waals surface area contributed by atoms with Crippen molar-refractivity contribution in [1.29, 1.82) is 0 Å². The van der Waals surface area contributed by atoms with Crippen LogP contribution < -0.4 is 0 Å². The summed E-state index contributed by atoms with van der Waals surface area (Å²) in [6, 6.07) is 16.4. The molecule has 0 saturated carbocycles. The lowest BCUT2D eigenvalue weighted by Crippen LogP contribution is -1.91. The summed E-state index contributed by atoms with van der Waals surface area (Å²) in [5, 5.41) is 12.5. The lowest BCUT2D eigenvalue weighted by molar-refractivity contribution is 0.476. The fourth-order valence-electron chi connectivity index (χ4n) is 3.55. The SMILES string of the molecule is [C-]#[N+]c1cc2c3ccc(O)cc3c3nc4ccccc4n3c2cc1[N+]#[C-]. The number of imidazole rings is 1. The highest BCUT2D eigenvalue weighted by atomic mass is 16.3. The normalized spacial score (nSPS) is 11.2. The molecule has 0 spiro atoms. The van der Waals surface area contributed by atoms with Gasteiger partial charge in [-0.1, -0.05) is 18.2 Å². The number of fused-ring (bicyclic) bond motifs is 8. The number of hydrogen-bond donors (Lipinski definition) is 1. The molecule has 5 heteroatoms. The van der Waals surface area contributed by atoms with Crippen molar-refractivity contribution in [2.75, 3.05) is 0 Å². The van der Waals surface area contributed by atoms with Gasteiger partial charge in [0.2, 0.25) is 0 Å². The predicted octanol–water partition coefficient (Wildman–Crippen LogP) is 5.60. The van der Waals surface area contributed by atoms with E-state index in [2.05, 4.69) is 9.69 Å². The summed E-state index contributed by atoms with van der Waals surface area (Å²) in [5.74, 6) is 0.161. The maximum absolute atomic E-state index is 9.99. The largest absolute Gasteiger partial charge is 0.508 e. The second-order valence-corrected chi connectivity index (χ2v) is 6.07. The molecule has 3 aromatic carbocycles. The third-order valence-electron chi connectivity index (χ3n) is 4.67. The van der Waals surface area contributed by atoms with E-state index in [1.807, 2.05) is 34.7 Å². The molecule has 0 atom stereocenters. The molecule has 0 aliphatic rings. The minimum Gasteiger partial charge on any atom is -0.508 e. The highest BCUT2D eigenvalue weighted by molar-refractivity contribution is 6.15. The summed E-state index contributed by atoms with van der Waals surface area (Å²) >= 11 is 0. The van der Waals surface area contributed by atoms with Crippen LogP contribution in [-0.2, 0) is 0 Å². The third-order valence-corrected chi connectivity index (χ3v) is 4.67. The number of pyridine rings is 1. The van der Waals surface area contributed by atoms with E-state index in [0.717, 1.165) is 38.4 Å². The Morgan fingerprint density at radius 2 is 1.58 bits per heavy atom. The zero-order valence-corrected chi connectivity index (χ0v) is 13.4. The molecule has 120 valence electrons. The Morgan fingerprint density at radius 3 is 2.38 bits per heavy atom. The maximum Gasteiger partial charge on any atom is 0.196 e. The molecule has 5 aromatic rings. The number of aromatic nitrogens is 2. The third kappa shape index (κ3) is 1.74. The van der Waals surface area contributed by atoms with E-state index in [1.54, 1.807) is 24.3 Å². The van der Waals surface area contributed by atoms with Gasteiger partial charge in [0, 0.05) is 10.9 Å². The monoisotopic (exact) mass is 334 g/mol. The van der Waals surface area contributed by atoms with Crippen molar-refractivity contribution < 1.29 is 5.11 Å². The van der Waals surface area contributed by atoms with Crippen molar-refractivity contribution in [1.82, 2.24) is 9.38 Å². The molecule has 1 N–H and O–H groups in total. The molecule has 0 radical (unpaired) electrons. The van der Waals surface area contributed by atoms with Crippen molar-refractivity contribution >= 4 is 49.7 Å². The quantitative estimate of drug-likeness (QED) is 0.296. The first kappa shape index (κ1) is 14.3. The number of phenolic OH excluding ortho intramolecular Hbond substituents is 1. The molecule has 0 bridgehead atoms. The van der Waals surface area contributed by atoms with Gasteiger partial charge in [0.05, 0.1) is 24.2 Å². The van der Waals surface area contributed by atoms with Crippen molar-refractivity contribution in [2.24, 2.45) is 0 Å². The van der Waals surface area contributed by atoms with E-state index >= 15 is 0 Å². The molecule has 0 unspecified atom stereocenters. The lowest BCUT2D eigenvalue weighted by Gasteiger charge is -2.11. The molecule has 26 heavy (non-hydrogen) atoms. The van der Waals surface area contributed by atoms with E-state index in [1.165, 1.54) is 0 Å². The number of nitrogens with zero attached hydrogens (tertiary/aromatic N) is 4. The van der Waals surface area contributed by atoms with E-state index in [0.29, 0.717) is 11.4 Å². The first-order chi connectivity index (χ1) is 12.7. The van der Waals surface area contributed by atoms with E-state index in [9.17, 15) is 5.11 Å². The smallest absolute Gasteiger partial charge is 0.196 e. The Morgan fingerprint density at radius 1 is 0.808 bits per heavy atom. The summed E-state index contributed by atoms with van der Waals surface area (Å²) in [6.07, 6.45) is 0. The maximum atomic E-state index is 9.99. The zero-order valence-electron chi connectivity index (χ0n) is 13.4. The van der Waals surface area contributed by atoms with Gasteiger partial charge in [-0.3, -0.25) is 14.1 Å². The van der Waals surface area contributed by atoms with Crippen LogP contribution in [0.5, 0.6) is 5.75 Å². The Kier molecular flexibility index (Phi) is 2.72. The second-order valence-electron chi connectivity index (χ2n) is 6.07. The van der Waals surface area contributed by atoms with E-state index in [4.69, 9.17) is 18.1 Å². The topological polar surface area (TPSA) is 46.2 Å². The second kappa shape index (κ2) is 4.95. The number of hydrogen-bond acceptors (Lipinski definition) is 2. The average molecular weight is 334 g/mol. The average Bonchev–Trinajstić information content (AvgIpc) is 3.07. The summed E-state index contributed by atoms with van der Waals surface area (Å²) in [7, 11) is 0. The standard InChI is InChI=1S/C21H10N4O/c1-22-17-10-14-13-8-7-12(26)9-15(13)21-24-16-5-3-4-6-19(16)25(21)20(14)11-18(17)23-2/h3-11,26H. The summed E-state index contributed by atoms with van der Waals surface area (Å²) in [5.41, 5.74) is 3.95. The van der Waals surface area contributed by atoms with Gasteiger partial charge < -0.3 is 5.11 Å². The minimum absolute atomic E-state index is 0.161. The summed E-state index contributed by atoms with van der Waals surface area (Å²) in [4.78, 5) is 11.8. The molecule has 2 aromatic heterocycles. The van der Waals surface area contributed by atoms with Gasteiger partial charge in [-0.15, -0.1) is 0 Å². The fraction of sp³-hybridized carbons (Fsp3) is 0. The molecule has 0 saturated heterocycles. The fourth-order valence-corrected chi connectivity index (χ4v) is 3.55. The summed E-state index contributed by atoms with van der Waals surface area (Å²) in [6.45, 7) is 14.8. The Balaban J connectivity index is 2.19. The van der Waals surface area contributed by atoms with Crippen LogP contribution in [0.1, 0.15) is 0 Å². The number of para-hydroxylation sites is 2. The first-order valence-electron chi connectivity index (χ1n) is 7.96. The molecular weight excluding hydrogens is 324 g/mol. The molecule has 0 amide bonds. The van der Waals surface area contributed by atoms with Crippen LogP contribution in [0.25, 0.3) is 48.0 Å². The van der Waals surface area contributed by atoms with Crippen molar-refractivity contribution in [3.8, 4) is 5.75 Å². The van der Waals surface area contributed by atoms with Gasteiger partial charge in [0.1, 0.15) is 11.4 Å². The Bertz CT molecular complexity index is 1470. The molecular formula is C21H10N4O.